The Labute approximate surface area is 182 Å². The summed E-state index contributed by atoms with van der Waals surface area (Å²) >= 11 is 0. The number of halogens is 3. The minimum Gasteiger partial charge on any atom is -0.467 e. The molecule has 172 valence electrons. The molecule has 0 spiro atoms. The van der Waals surface area contributed by atoms with E-state index in [0.717, 1.165) is 29.4 Å². The summed E-state index contributed by atoms with van der Waals surface area (Å²) in [6, 6.07) is 14.1. The number of carbonyl (C=O) groups is 2. The van der Waals surface area contributed by atoms with Gasteiger partial charge in [-0.15, -0.1) is 0 Å². The van der Waals surface area contributed by atoms with E-state index in [0.29, 0.717) is 0 Å². The molecule has 0 saturated heterocycles. The van der Waals surface area contributed by atoms with E-state index in [1.165, 1.54) is 0 Å². The van der Waals surface area contributed by atoms with Gasteiger partial charge in [-0.05, 0) is 22.3 Å². The Hall–Kier alpha value is -3.11. The Balaban J connectivity index is 1.59. The highest BCUT2D eigenvalue weighted by atomic mass is 19.4. The van der Waals surface area contributed by atoms with Gasteiger partial charge >= 0.3 is 18.2 Å². The van der Waals surface area contributed by atoms with Crippen LogP contribution in [0.4, 0.5) is 18.0 Å². The molecule has 2 unspecified atom stereocenters. The van der Waals surface area contributed by atoms with Crippen molar-refractivity contribution in [3.8, 4) is 11.1 Å². The highest BCUT2D eigenvalue weighted by Gasteiger charge is 2.38. The summed E-state index contributed by atoms with van der Waals surface area (Å²) in [6.45, 7) is -1.74. The quantitative estimate of drug-likeness (QED) is 0.597. The van der Waals surface area contributed by atoms with Crippen LogP contribution in [0.2, 0.25) is 0 Å². The van der Waals surface area contributed by atoms with Gasteiger partial charge in [0.15, 0.2) is 12.1 Å². The normalized spacial score (nSPS) is 14.8. The second-order valence-electron chi connectivity index (χ2n) is 7.14. The van der Waals surface area contributed by atoms with E-state index < -0.39 is 43.6 Å². The lowest BCUT2D eigenvalue weighted by atomic mass is 9.98. The van der Waals surface area contributed by atoms with Crippen LogP contribution in [0.1, 0.15) is 17.0 Å². The van der Waals surface area contributed by atoms with Gasteiger partial charge in [-0.1, -0.05) is 48.5 Å². The van der Waals surface area contributed by atoms with Crippen molar-refractivity contribution in [2.75, 3.05) is 26.9 Å². The minimum absolute atomic E-state index is 0.0125. The third-order valence-electron chi connectivity index (χ3n) is 5.06. The predicted molar refractivity (Wildman–Crippen MR) is 107 cm³/mol. The molecule has 3 rings (SSSR count). The smallest absolute Gasteiger partial charge is 0.416 e. The van der Waals surface area contributed by atoms with Crippen molar-refractivity contribution in [1.82, 2.24) is 5.32 Å². The Kier molecular flexibility index (Phi) is 7.37. The van der Waals surface area contributed by atoms with Crippen molar-refractivity contribution < 1.29 is 42.1 Å². The van der Waals surface area contributed by atoms with Crippen molar-refractivity contribution in [3.05, 3.63) is 59.7 Å². The Morgan fingerprint density at radius 2 is 1.59 bits per heavy atom. The van der Waals surface area contributed by atoms with Gasteiger partial charge in [-0.2, -0.15) is 13.2 Å². The van der Waals surface area contributed by atoms with Crippen LogP contribution >= 0.6 is 0 Å². The van der Waals surface area contributed by atoms with Gasteiger partial charge in [-0.25, -0.2) is 9.59 Å². The summed E-state index contributed by atoms with van der Waals surface area (Å²) in [7, 11) is 1.05. The molecular weight excluding hydrogens is 431 g/mol. The van der Waals surface area contributed by atoms with Gasteiger partial charge < -0.3 is 24.6 Å². The number of hydrogen-bond donors (Lipinski definition) is 2. The molecule has 32 heavy (non-hydrogen) atoms. The van der Waals surface area contributed by atoms with Gasteiger partial charge in [0.1, 0.15) is 6.61 Å². The molecule has 0 aliphatic heterocycles. The molecule has 1 aliphatic rings. The molecule has 2 aromatic carbocycles. The maximum Gasteiger partial charge on any atom is 0.416 e. The Morgan fingerprint density at radius 1 is 1.03 bits per heavy atom. The number of esters is 1. The number of methoxy groups -OCH3 is 1. The molecule has 2 aromatic rings. The average Bonchev–Trinajstić information content (AvgIpc) is 3.09. The lowest BCUT2D eigenvalue weighted by Gasteiger charge is -2.20. The second kappa shape index (κ2) is 10.0. The summed E-state index contributed by atoms with van der Waals surface area (Å²) in [5.41, 5.74) is 4.08. The highest BCUT2D eigenvalue weighted by Crippen LogP contribution is 2.44. The zero-order chi connectivity index (χ0) is 23.3. The summed E-state index contributed by atoms with van der Waals surface area (Å²) in [5.74, 6) is -1.14. The molecule has 0 fully saturated rings. The number of nitrogens with one attached hydrogen (secondary N) is 1. The molecule has 0 radical (unpaired) electrons. The van der Waals surface area contributed by atoms with Gasteiger partial charge in [0.25, 0.3) is 0 Å². The molecule has 1 amide bonds. The zero-order valence-corrected chi connectivity index (χ0v) is 17.1. The molecule has 0 bridgehead atoms. The second-order valence-corrected chi connectivity index (χ2v) is 7.14. The van der Waals surface area contributed by atoms with Crippen LogP contribution in [0.25, 0.3) is 11.1 Å². The third kappa shape index (κ3) is 5.38. The van der Waals surface area contributed by atoms with Crippen molar-refractivity contribution in [2.45, 2.75) is 24.2 Å². The summed E-state index contributed by atoms with van der Waals surface area (Å²) in [4.78, 5) is 24.1. The number of rotatable bonds is 8. The topological polar surface area (TPSA) is 94.1 Å². The molecule has 0 aromatic heterocycles. The minimum atomic E-state index is -4.86. The standard InChI is InChI=1S/C22H22F3NO6/c1-30-20(28)18(11-31-12-19(27)22(23,24)25)26-21(29)32-10-17-15-8-4-2-6-13(15)14-7-3-5-9-16(14)17/h2-9,17-19,27H,10-12H2,1H3,(H,26,29). The van der Waals surface area contributed by atoms with E-state index in [1.807, 2.05) is 48.5 Å². The molecule has 1 aliphatic carbocycles. The van der Waals surface area contributed by atoms with Crippen LogP contribution in [-0.2, 0) is 19.0 Å². The van der Waals surface area contributed by atoms with E-state index in [1.54, 1.807) is 0 Å². The highest BCUT2D eigenvalue weighted by molar-refractivity contribution is 5.82. The van der Waals surface area contributed by atoms with E-state index in [-0.39, 0.29) is 12.5 Å². The molecular formula is C22H22F3NO6. The molecule has 0 heterocycles. The third-order valence-corrected chi connectivity index (χ3v) is 5.06. The van der Waals surface area contributed by atoms with Crippen LogP contribution in [0.15, 0.2) is 48.5 Å². The first-order valence-electron chi connectivity index (χ1n) is 9.74. The van der Waals surface area contributed by atoms with E-state index in [9.17, 15) is 22.8 Å². The summed E-state index contributed by atoms with van der Waals surface area (Å²) in [6.07, 6.45) is -8.53. The number of amides is 1. The van der Waals surface area contributed by atoms with Crippen LogP contribution in [0, 0.1) is 0 Å². The average molecular weight is 453 g/mol. The zero-order valence-electron chi connectivity index (χ0n) is 17.1. The number of ether oxygens (including phenoxy) is 3. The molecule has 10 heteroatoms. The van der Waals surface area contributed by atoms with Crippen LogP contribution < -0.4 is 5.32 Å². The first-order chi connectivity index (χ1) is 15.2. The number of aliphatic hydroxyl groups excluding tert-OH is 1. The van der Waals surface area contributed by atoms with Crippen LogP contribution in [0.3, 0.4) is 0 Å². The lowest BCUT2D eigenvalue weighted by Crippen LogP contribution is -2.46. The van der Waals surface area contributed by atoms with Crippen molar-refractivity contribution in [1.29, 1.82) is 0 Å². The number of carbonyl (C=O) groups excluding carboxylic acids is 2. The monoisotopic (exact) mass is 453 g/mol. The van der Waals surface area contributed by atoms with E-state index >= 15 is 0 Å². The maximum atomic E-state index is 12.4. The van der Waals surface area contributed by atoms with E-state index in [2.05, 4.69) is 10.1 Å². The Morgan fingerprint density at radius 3 is 2.12 bits per heavy atom. The first-order valence-corrected chi connectivity index (χ1v) is 9.74. The van der Waals surface area contributed by atoms with Gasteiger partial charge in [0, 0.05) is 5.92 Å². The molecule has 7 nitrogen and oxygen atoms in total. The molecule has 2 N–H and O–H groups in total. The van der Waals surface area contributed by atoms with Crippen molar-refractivity contribution >= 4 is 12.1 Å². The number of fused-ring (bicyclic) bond motifs is 3. The SMILES string of the molecule is COC(=O)C(COCC(O)C(F)(F)F)NC(=O)OCC1c2ccccc2-c2ccccc21. The van der Waals surface area contributed by atoms with Crippen LogP contribution in [-0.4, -0.2) is 62.4 Å². The predicted octanol–water partition coefficient (Wildman–Crippen LogP) is 3.01. The first kappa shape index (κ1) is 23.6. The maximum absolute atomic E-state index is 12.4. The summed E-state index contributed by atoms with van der Waals surface area (Å²) < 4.78 is 51.6. The van der Waals surface area contributed by atoms with Gasteiger partial charge in [0.2, 0.25) is 0 Å². The number of benzene rings is 2. The number of alkyl carbamates (subject to hydrolysis) is 1. The largest absolute Gasteiger partial charge is 0.467 e. The van der Waals surface area contributed by atoms with Crippen molar-refractivity contribution in [3.63, 3.8) is 0 Å². The number of alkyl halides is 3. The van der Waals surface area contributed by atoms with Gasteiger partial charge in [0.05, 0.1) is 20.3 Å². The Bertz CT molecular complexity index is 919. The number of aliphatic hydroxyl groups is 1. The molecule has 0 saturated carbocycles. The molecule has 2 atom stereocenters. The summed E-state index contributed by atoms with van der Waals surface area (Å²) in [5, 5.41) is 11.2. The fraction of sp³-hybridized carbons (Fsp3) is 0.364. The van der Waals surface area contributed by atoms with E-state index in [4.69, 9.17) is 14.6 Å². The fourth-order valence-corrected chi connectivity index (χ4v) is 3.49. The van der Waals surface area contributed by atoms with Crippen LogP contribution in [0.5, 0.6) is 0 Å². The lowest BCUT2D eigenvalue weighted by molar-refractivity contribution is -0.217. The number of hydrogen-bond acceptors (Lipinski definition) is 6. The fourth-order valence-electron chi connectivity index (χ4n) is 3.49. The van der Waals surface area contributed by atoms with Gasteiger partial charge in [-0.3, -0.25) is 0 Å². The van der Waals surface area contributed by atoms with Crippen molar-refractivity contribution in [2.24, 2.45) is 0 Å².